The minimum Gasteiger partial charge on any atom is -0.351 e. The molecular formula is C24H24ClFN2O3S2. The van der Waals surface area contributed by atoms with Gasteiger partial charge < -0.3 is 5.32 Å². The number of rotatable bonds is 9. The number of anilines is 1. The van der Waals surface area contributed by atoms with E-state index in [-0.39, 0.29) is 16.6 Å². The molecular weight excluding hydrogens is 483 g/mol. The quantitative estimate of drug-likeness (QED) is 0.372. The Kier molecular flexibility index (Phi) is 8.40. The molecule has 0 heterocycles. The highest BCUT2D eigenvalue weighted by atomic mass is 35.5. The maximum absolute atomic E-state index is 13.8. The second-order valence-corrected chi connectivity index (χ2v) is 10.6. The molecule has 0 aliphatic heterocycles. The molecule has 0 aromatic heterocycles. The van der Waals surface area contributed by atoms with E-state index in [2.05, 4.69) is 10.0 Å². The molecule has 2 N–H and O–H groups in total. The zero-order valence-corrected chi connectivity index (χ0v) is 20.6. The van der Waals surface area contributed by atoms with Crippen LogP contribution in [-0.2, 0) is 15.8 Å². The fraction of sp³-hybridized carbons (Fsp3) is 0.208. The largest absolute Gasteiger partial charge is 0.351 e. The van der Waals surface area contributed by atoms with Gasteiger partial charge in [-0.15, -0.1) is 0 Å². The van der Waals surface area contributed by atoms with E-state index in [1.54, 1.807) is 49.4 Å². The summed E-state index contributed by atoms with van der Waals surface area (Å²) in [4.78, 5) is 12.8. The highest BCUT2D eigenvalue weighted by molar-refractivity contribution is 7.98. The van der Waals surface area contributed by atoms with E-state index in [9.17, 15) is 17.6 Å². The second kappa shape index (κ2) is 11.0. The lowest BCUT2D eigenvalue weighted by Crippen LogP contribution is -2.27. The van der Waals surface area contributed by atoms with Gasteiger partial charge in [-0.2, -0.15) is 11.8 Å². The molecule has 0 saturated carbocycles. The highest BCUT2D eigenvalue weighted by Crippen LogP contribution is 2.24. The molecule has 5 nitrogen and oxygen atoms in total. The fourth-order valence-corrected chi connectivity index (χ4v) is 5.41. The Hall–Kier alpha value is -2.55. The van der Waals surface area contributed by atoms with Crippen molar-refractivity contribution in [3.63, 3.8) is 0 Å². The van der Waals surface area contributed by atoms with Crippen LogP contribution in [0, 0.1) is 19.7 Å². The predicted molar refractivity (Wildman–Crippen MR) is 133 cm³/mol. The maximum atomic E-state index is 13.8. The van der Waals surface area contributed by atoms with Crippen LogP contribution in [-0.4, -0.2) is 26.6 Å². The van der Waals surface area contributed by atoms with Gasteiger partial charge in [-0.1, -0.05) is 41.4 Å². The van der Waals surface area contributed by atoms with Gasteiger partial charge in [0.25, 0.3) is 15.9 Å². The summed E-state index contributed by atoms with van der Waals surface area (Å²) in [5.74, 6) is 0.305. The van der Waals surface area contributed by atoms with Crippen molar-refractivity contribution in [3.8, 4) is 0 Å². The summed E-state index contributed by atoms with van der Waals surface area (Å²) >= 11 is 7.48. The van der Waals surface area contributed by atoms with Gasteiger partial charge in [0.05, 0.1) is 10.6 Å². The molecule has 0 bridgehead atoms. The minimum atomic E-state index is -3.78. The van der Waals surface area contributed by atoms with E-state index in [0.29, 0.717) is 45.5 Å². The number of amides is 1. The van der Waals surface area contributed by atoms with Crippen LogP contribution in [0.3, 0.4) is 0 Å². The van der Waals surface area contributed by atoms with Gasteiger partial charge in [-0.05, 0) is 55.8 Å². The Balaban J connectivity index is 1.59. The summed E-state index contributed by atoms with van der Waals surface area (Å²) in [5.41, 5.74) is 2.64. The van der Waals surface area contributed by atoms with Crippen LogP contribution in [0.5, 0.6) is 0 Å². The third-order valence-electron chi connectivity index (χ3n) is 4.99. The van der Waals surface area contributed by atoms with E-state index >= 15 is 0 Å². The molecule has 3 aromatic rings. The molecule has 174 valence electrons. The summed E-state index contributed by atoms with van der Waals surface area (Å²) < 4.78 is 41.8. The summed E-state index contributed by atoms with van der Waals surface area (Å²) in [5, 5.41) is 3.20. The van der Waals surface area contributed by atoms with E-state index in [1.165, 1.54) is 30.0 Å². The zero-order chi connectivity index (χ0) is 24.0. The molecule has 0 saturated heterocycles. The third-order valence-corrected chi connectivity index (χ3v) is 7.72. The van der Waals surface area contributed by atoms with E-state index in [0.717, 1.165) is 5.56 Å². The van der Waals surface area contributed by atoms with Crippen LogP contribution in [0.2, 0.25) is 5.02 Å². The lowest BCUT2D eigenvalue weighted by Gasteiger charge is -2.14. The van der Waals surface area contributed by atoms with Crippen LogP contribution in [0.25, 0.3) is 0 Å². The highest BCUT2D eigenvalue weighted by Gasteiger charge is 2.18. The van der Waals surface area contributed by atoms with Gasteiger partial charge in [0.2, 0.25) is 0 Å². The number of halogens is 2. The SMILES string of the molecule is Cc1ccc(S(=O)(=O)Nc2cccc(C(=O)NCCSCc3c(F)cccc3Cl)c2C)cc1. The zero-order valence-electron chi connectivity index (χ0n) is 18.2. The van der Waals surface area contributed by atoms with Crippen molar-refractivity contribution in [2.24, 2.45) is 0 Å². The number of sulfonamides is 1. The van der Waals surface area contributed by atoms with Crippen LogP contribution in [0.4, 0.5) is 10.1 Å². The first-order valence-corrected chi connectivity index (χ1v) is 13.2. The molecule has 1 amide bonds. The average Bonchev–Trinajstić information content (AvgIpc) is 2.77. The molecule has 33 heavy (non-hydrogen) atoms. The summed E-state index contributed by atoms with van der Waals surface area (Å²) in [7, 11) is -3.78. The number of aryl methyl sites for hydroxylation is 1. The van der Waals surface area contributed by atoms with Crippen molar-refractivity contribution in [3.05, 3.63) is 93.8 Å². The molecule has 0 aliphatic rings. The monoisotopic (exact) mass is 506 g/mol. The van der Waals surface area contributed by atoms with Gasteiger partial charge in [0, 0.05) is 34.2 Å². The van der Waals surface area contributed by atoms with E-state index < -0.39 is 10.0 Å². The van der Waals surface area contributed by atoms with Crippen LogP contribution >= 0.6 is 23.4 Å². The van der Waals surface area contributed by atoms with Gasteiger partial charge in [-0.25, -0.2) is 12.8 Å². The lowest BCUT2D eigenvalue weighted by molar-refractivity contribution is 0.0955. The van der Waals surface area contributed by atoms with Gasteiger partial charge in [-0.3, -0.25) is 9.52 Å². The van der Waals surface area contributed by atoms with Crippen molar-refractivity contribution in [2.75, 3.05) is 17.0 Å². The topological polar surface area (TPSA) is 75.3 Å². The first kappa shape index (κ1) is 25.1. The Morgan fingerprint density at radius 3 is 2.42 bits per heavy atom. The minimum absolute atomic E-state index is 0.148. The van der Waals surface area contributed by atoms with Gasteiger partial charge in [0.1, 0.15) is 5.82 Å². The Morgan fingerprint density at radius 2 is 1.73 bits per heavy atom. The van der Waals surface area contributed by atoms with Crippen molar-refractivity contribution in [2.45, 2.75) is 24.5 Å². The van der Waals surface area contributed by atoms with Crippen LogP contribution < -0.4 is 10.0 Å². The summed E-state index contributed by atoms with van der Waals surface area (Å²) in [6, 6.07) is 16.0. The van der Waals surface area contributed by atoms with Crippen molar-refractivity contribution in [1.82, 2.24) is 5.32 Å². The van der Waals surface area contributed by atoms with Crippen molar-refractivity contribution >= 4 is 45.0 Å². The average molecular weight is 507 g/mol. The number of hydrogen-bond donors (Lipinski definition) is 2. The molecule has 0 radical (unpaired) electrons. The van der Waals surface area contributed by atoms with Crippen LogP contribution in [0.15, 0.2) is 65.6 Å². The molecule has 3 aromatic carbocycles. The number of thioether (sulfide) groups is 1. The van der Waals surface area contributed by atoms with E-state index in [4.69, 9.17) is 11.6 Å². The lowest BCUT2D eigenvalue weighted by atomic mass is 10.1. The molecule has 9 heteroatoms. The second-order valence-electron chi connectivity index (χ2n) is 7.41. The molecule has 0 spiro atoms. The molecule has 3 rings (SSSR count). The van der Waals surface area contributed by atoms with Crippen LogP contribution in [0.1, 0.15) is 27.0 Å². The molecule has 0 fully saturated rings. The van der Waals surface area contributed by atoms with Gasteiger partial charge >= 0.3 is 0 Å². The Bertz CT molecular complexity index is 1230. The van der Waals surface area contributed by atoms with Crippen molar-refractivity contribution < 1.29 is 17.6 Å². The normalized spacial score (nSPS) is 11.3. The Morgan fingerprint density at radius 1 is 1.03 bits per heavy atom. The Labute approximate surface area is 202 Å². The first-order valence-electron chi connectivity index (χ1n) is 10.2. The standard InChI is InChI=1S/C24H24ClFN2O3S2/c1-16-9-11-18(12-10-16)33(30,31)28-23-8-3-5-19(17(23)2)24(29)27-13-14-32-15-20-21(25)6-4-7-22(20)26/h3-12,28H,13-15H2,1-2H3,(H,27,29). The van der Waals surface area contributed by atoms with Crippen molar-refractivity contribution in [1.29, 1.82) is 0 Å². The molecule has 0 unspecified atom stereocenters. The number of benzene rings is 3. The number of nitrogens with one attached hydrogen (secondary N) is 2. The smallest absolute Gasteiger partial charge is 0.261 e. The predicted octanol–water partition coefficient (Wildman–Crippen LogP) is 5.56. The number of carbonyl (C=O) groups is 1. The molecule has 0 aliphatic carbocycles. The van der Waals surface area contributed by atoms with Gasteiger partial charge in [0.15, 0.2) is 0 Å². The fourth-order valence-electron chi connectivity index (χ4n) is 3.09. The molecule has 0 atom stereocenters. The number of hydrogen-bond acceptors (Lipinski definition) is 4. The summed E-state index contributed by atoms with van der Waals surface area (Å²) in [6.07, 6.45) is 0. The number of carbonyl (C=O) groups excluding carboxylic acids is 1. The van der Waals surface area contributed by atoms with E-state index in [1.807, 2.05) is 6.92 Å². The maximum Gasteiger partial charge on any atom is 0.261 e. The third kappa shape index (κ3) is 6.50. The first-order chi connectivity index (χ1) is 15.7. The summed E-state index contributed by atoms with van der Waals surface area (Å²) in [6.45, 7) is 3.94.